The van der Waals surface area contributed by atoms with Crippen molar-refractivity contribution in [2.24, 2.45) is 0 Å². The molecule has 0 bridgehead atoms. The van der Waals surface area contributed by atoms with Crippen molar-refractivity contribution in [1.29, 1.82) is 0 Å². The van der Waals surface area contributed by atoms with E-state index in [4.69, 9.17) is 14.2 Å². The molecule has 0 radical (unpaired) electrons. The first-order valence-corrected chi connectivity index (χ1v) is 15.5. The molecule has 3 heterocycles. The minimum Gasteiger partial charge on any atom is -0.379 e. The van der Waals surface area contributed by atoms with Crippen LogP contribution in [0.4, 0.5) is 4.79 Å². The summed E-state index contributed by atoms with van der Waals surface area (Å²) in [5.74, 6) is 1.23. The first kappa shape index (κ1) is 32.2. The van der Waals surface area contributed by atoms with Gasteiger partial charge in [0.05, 0.1) is 38.5 Å². The van der Waals surface area contributed by atoms with Crippen molar-refractivity contribution in [3.8, 4) is 0 Å². The molecule has 0 spiro atoms. The van der Waals surface area contributed by atoms with Crippen molar-refractivity contribution in [2.75, 3.05) is 45.4 Å². The van der Waals surface area contributed by atoms with Gasteiger partial charge in [-0.2, -0.15) is 11.8 Å². The number of carbonyl (C=O) groups excluding carboxylic acids is 4. The number of aldehydes is 1. The van der Waals surface area contributed by atoms with Gasteiger partial charge in [-0.05, 0) is 50.7 Å². The maximum Gasteiger partial charge on any atom is 0.315 e. The van der Waals surface area contributed by atoms with Crippen LogP contribution < -0.4 is 10.6 Å². The second-order valence-corrected chi connectivity index (χ2v) is 11.4. The van der Waals surface area contributed by atoms with E-state index < -0.39 is 0 Å². The molecule has 11 heteroatoms. The van der Waals surface area contributed by atoms with Crippen molar-refractivity contribution in [3.05, 3.63) is 29.6 Å². The van der Waals surface area contributed by atoms with Gasteiger partial charge in [-0.25, -0.2) is 4.79 Å². The Morgan fingerprint density at radius 3 is 2.25 bits per heavy atom. The standard InChI is InChI=1S/C29H43N3O7S/c33-20-22-11-12-30-24(19-22)26(35)9-4-6-14-38-16-18-39-17-15-37-13-5-3-8-23(34)7-1-2-10-27-28-25(21-40-27)31-29(36)32-28/h11-12,19-20,25,27-28H,1-10,13-18,21H2,(H2,31,32,36). The molecule has 3 atom stereocenters. The van der Waals surface area contributed by atoms with Crippen LogP contribution in [0.5, 0.6) is 0 Å². The van der Waals surface area contributed by atoms with Crippen molar-refractivity contribution < 1.29 is 33.4 Å². The minimum atomic E-state index is -0.0677. The zero-order valence-electron chi connectivity index (χ0n) is 23.3. The maximum atomic E-state index is 12.1. The fourth-order valence-electron chi connectivity index (χ4n) is 4.79. The Hall–Kier alpha value is -2.34. The lowest BCUT2D eigenvalue weighted by Crippen LogP contribution is -2.36. The highest BCUT2D eigenvalue weighted by Crippen LogP contribution is 2.33. The molecule has 2 aliphatic rings. The monoisotopic (exact) mass is 577 g/mol. The Balaban J connectivity index is 1.02. The first-order chi connectivity index (χ1) is 19.6. The molecule has 2 saturated heterocycles. The maximum absolute atomic E-state index is 12.1. The summed E-state index contributed by atoms with van der Waals surface area (Å²) in [4.78, 5) is 50.5. The van der Waals surface area contributed by atoms with Gasteiger partial charge in [-0.15, -0.1) is 0 Å². The number of urea groups is 1. The summed E-state index contributed by atoms with van der Waals surface area (Å²) >= 11 is 1.92. The highest BCUT2D eigenvalue weighted by molar-refractivity contribution is 8.00. The van der Waals surface area contributed by atoms with E-state index in [1.54, 1.807) is 6.07 Å². The molecule has 2 amide bonds. The number of thioether (sulfide) groups is 1. The first-order valence-electron chi connectivity index (χ1n) is 14.4. The molecule has 40 heavy (non-hydrogen) atoms. The predicted octanol–water partition coefficient (Wildman–Crippen LogP) is 3.76. The van der Waals surface area contributed by atoms with E-state index in [9.17, 15) is 19.2 Å². The minimum absolute atomic E-state index is 0.0494. The lowest BCUT2D eigenvalue weighted by molar-refractivity contribution is -0.119. The second-order valence-electron chi connectivity index (χ2n) is 10.2. The molecule has 1 aromatic heterocycles. The Kier molecular flexibility index (Phi) is 15.2. The van der Waals surface area contributed by atoms with Crippen LogP contribution in [0.15, 0.2) is 18.3 Å². The molecule has 2 aliphatic heterocycles. The van der Waals surface area contributed by atoms with Gasteiger partial charge in [0.25, 0.3) is 0 Å². The van der Waals surface area contributed by atoms with Crippen LogP contribution in [0.1, 0.15) is 85.1 Å². The van der Waals surface area contributed by atoms with Gasteiger partial charge >= 0.3 is 6.03 Å². The van der Waals surface area contributed by atoms with E-state index in [0.29, 0.717) is 93.9 Å². The van der Waals surface area contributed by atoms with Crippen LogP contribution in [-0.2, 0) is 19.0 Å². The van der Waals surface area contributed by atoms with Gasteiger partial charge < -0.3 is 24.8 Å². The molecule has 2 N–H and O–H groups in total. The number of amides is 2. The number of ether oxygens (including phenoxy) is 3. The molecule has 10 nitrogen and oxygen atoms in total. The largest absolute Gasteiger partial charge is 0.379 e. The van der Waals surface area contributed by atoms with Crippen LogP contribution >= 0.6 is 11.8 Å². The normalized spacial score (nSPS) is 19.7. The van der Waals surface area contributed by atoms with Gasteiger partial charge in [0.15, 0.2) is 5.78 Å². The number of unbranched alkanes of at least 4 members (excludes halogenated alkanes) is 3. The van der Waals surface area contributed by atoms with Gasteiger partial charge in [-0.3, -0.25) is 19.4 Å². The molecule has 0 aromatic carbocycles. The van der Waals surface area contributed by atoms with E-state index in [-0.39, 0.29) is 23.9 Å². The molecule has 0 aliphatic carbocycles. The lowest BCUT2D eigenvalue weighted by atomic mass is 10.0. The van der Waals surface area contributed by atoms with Crippen LogP contribution in [0.25, 0.3) is 0 Å². The van der Waals surface area contributed by atoms with Crippen molar-refractivity contribution >= 4 is 35.6 Å². The average Bonchev–Trinajstić information content (AvgIpc) is 3.52. The van der Waals surface area contributed by atoms with Gasteiger partial charge in [0.1, 0.15) is 17.8 Å². The number of Topliss-reactive ketones (excluding diaryl/α,β-unsaturated/α-hetero) is 2. The fourth-order valence-corrected chi connectivity index (χ4v) is 6.34. The smallest absolute Gasteiger partial charge is 0.315 e. The molecular weight excluding hydrogens is 534 g/mol. The van der Waals surface area contributed by atoms with Gasteiger partial charge in [0, 0.05) is 55.2 Å². The molecule has 3 unspecified atom stereocenters. The number of nitrogens with one attached hydrogen (secondary N) is 2. The number of aromatic nitrogens is 1. The quantitative estimate of drug-likeness (QED) is 0.0863. The van der Waals surface area contributed by atoms with Crippen LogP contribution in [0.2, 0.25) is 0 Å². The molecule has 2 fully saturated rings. The van der Waals surface area contributed by atoms with E-state index in [1.807, 2.05) is 11.8 Å². The summed E-state index contributed by atoms with van der Waals surface area (Å²) in [6, 6.07) is 3.54. The number of hydrogen-bond acceptors (Lipinski definition) is 9. The van der Waals surface area contributed by atoms with Crippen molar-refractivity contribution in [1.82, 2.24) is 15.6 Å². The van der Waals surface area contributed by atoms with E-state index >= 15 is 0 Å². The summed E-state index contributed by atoms with van der Waals surface area (Å²) < 4.78 is 16.6. The molecule has 0 saturated carbocycles. The number of nitrogens with zero attached hydrogens (tertiary/aromatic N) is 1. The fraction of sp³-hybridized carbons (Fsp3) is 0.690. The number of ketones is 2. The van der Waals surface area contributed by atoms with Crippen LogP contribution in [0, 0.1) is 0 Å². The molecule has 222 valence electrons. The summed E-state index contributed by atoms with van der Waals surface area (Å²) in [5, 5.41) is 6.43. The van der Waals surface area contributed by atoms with E-state index in [1.165, 1.54) is 12.3 Å². The summed E-state index contributed by atoms with van der Waals surface area (Å²) in [5.41, 5.74) is 0.781. The third kappa shape index (κ3) is 12.0. The second kappa shape index (κ2) is 18.9. The third-order valence-corrected chi connectivity index (χ3v) is 8.53. The number of pyridine rings is 1. The number of rotatable bonds is 23. The SMILES string of the molecule is O=Cc1ccnc(C(=O)CCCCOCCOCCOCCCCC(=O)CCCCC2SCC3NC(=O)NC32)c1. The Morgan fingerprint density at radius 2 is 1.55 bits per heavy atom. The van der Waals surface area contributed by atoms with Crippen molar-refractivity contribution in [2.45, 2.75) is 81.5 Å². The summed E-state index contributed by atoms with van der Waals surface area (Å²) in [6.45, 7) is 3.20. The Morgan fingerprint density at radius 1 is 0.900 bits per heavy atom. The Labute approximate surface area is 241 Å². The highest BCUT2D eigenvalue weighted by atomic mass is 32.2. The van der Waals surface area contributed by atoms with Gasteiger partial charge in [0.2, 0.25) is 0 Å². The molecule has 3 rings (SSSR count). The zero-order valence-corrected chi connectivity index (χ0v) is 24.1. The Bertz CT molecular complexity index is 948. The molecular formula is C29H43N3O7S. The van der Waals surface area contributed by atoms with Gasteiger partial charge in [-0.1, -0.05) is 6.42 Å². The summed E-state index contributed by atoms with van der Waals surface area (Å²) in [6.07, 6.45) is 9.97. The predicted molar refractivity (Wildman–Crippen MR) is 153 cm³/mol. The number of hydrogen-bond donors (Lipinski definition) is 2. The number of fused-ring (bicyclic) bond motifs is 1. The van der Waals surface area contributed by atoms with Crippen LogP contribution in [-0.4, -0.2) is 91.6 Å². The van der Waals surface area contributed by atoms with Crippen LogP contribution in [0.3, 0.4) is 0 Å². The van der Waals surface area contributed by atoms with E-state index in [0.717, 1.165) is 44.3 Å². The topological polar surface area (TPSA) is 133 Å². The molecule has 1 aromatic rings. The lowest BCUT2D eigenvalue weighted by Gasteiger charge is -2.16. The number of carbonyl (C=O) groups is 4. The third-order valence-electron chi connectivity index (χ3n) is 7.02. The van der Waals surface area contributed by atoms with Crippen molar-refractivity contribution in [3.63, 3.8) is 0 Å². The summed E-state index contributed by atoms with van der Waals surface area (Å²) in [7, 11) is 0. The van der Waals surface area contributed by atoms with E-state index in [2.05, 4.69) is 15.6 Å². The average molecular weight is 578 g/mol. The zero-order chi connectivity index (χ0) is 28.4. The highest BCUT2D eigenvalue weighted by Gasteiger charge is 2.42.